The van der Waals surface area contributed by atoms with Crippen molar-refractivity contribution >= 4 is 45.2 Å². The molecule has 1 unspecified atom stereocenters. The number of hydrogen-bond acceptors (Lipinski definition) is 1. The number of halogens is 3. The number of benzene rings is 1. The minimum atomic E-state index is -0.206. The van der Waals surface area contributed by atoms with Gasteiger partial charge in [-0.3, -0.25) is 0 Å². The molecule has 1 atom stereocenters. The van der Waals surface area contributed by atoms with E-state index in [1.807, 2.05) is 29.5 Å². The number of hydrogen-bond donors (Lipinski definition) is 0. The first-order valence-electron chi connectivity index (χ1n) is 7.42. The summed E-state index contributed by atoms with van der Waals surface area (Å²) in [5.74, 6) is 0.633. The molecule has 0 radical (unpaired) electrons. The highest BCUT2D eigenvalue weighted by molar-refractivity contribution is 14.1. The molecule has 5 heteroatoms. The first-order chi connectivity index (χ1) is 9.90. The van der Waals surface area contributed by atoms with Crippen molar-refractivity contribution in [3.05, 3.63) is 27.3 Å². The van der Waals surface area contributed by atoms with Gasteiger partial charge >= 0.3 is 0 Å². The van der Waals surface area contributed by atoms with Crippen LogP contribution in [0.4, 0.5) is 4.39 Å². The van der Waals surface area contributed by atoms with Crippen LogP contribution in [-0.4, -0.2) is 9.55 Å². The predicted octanol–water partition coefficient (Wildman–Crippen LogP) is 6.01. The highest BCUT2D eigenvalue weighted by atomic mass is 127. The summed E-state index contributed by atoms with van der Waals surface area (Å²) in [5.41, 5.74) is 1.61. The summed E-state index contributed by atoms with van der Waals surface area (Å²) in [4.78, 5) is 4.68. The molecule has 0 spiro atoms. The molecule has 0 bridgehead atoms. The van der Waals surface area contributed by atoms with Gasteiger partial charge in [-0.1, -0.05) is 20.8 Å². The van der Waals surface area contributed by atoms with Crippen LogP contribution in [0.5, 0.6) is 0 Å². The van der Waals surface area contributed by atoms with E-state index in [4.69, 9.17) is 11.6 Å². The quantitative estimate of drug-likeness (QED) is 0.426. The Balaban J connectivity index is 2.86. The lowest BCUT2D eigenvalue weighted by molar-refractivity contribution is 0.250. The molecule has 2 nitrogen and oxygen atoms in total. The molecule has 2 aromatic rings. The smallest absolute Gasteiger partial charge is 0.138 e. The van der Waals surface area contributed by atoms with Gasteiger partial charge in [-0.2, -0.15) is 0 Å². The second kappa shape index (κ2) is 6.41. The summed E-state index contributed by atoms with van der Waals surface area (Å²) in [5, 5.41) is -0.206. The Bertz CT molecular complexity index is 639. The van der Waals surface area contributed by atoms with Gasteiger partial charge in [0.2, 0.25) is 0 Å². The van der Waals surface area contributed by atoms with Crippen molar-refractivity contribution in [1.29, 1.82) is 0 Å². The van der Waals surface area contributed by atoms with Gasteiger partial charge in [-0.05, 0) is 54.8 Å². The van der Waals surface area contributed by atoms with Gasteiger partial charge in [-0.25, -0.2) is 9.37 Å². The summed E-state index contributed by atoms with van der Waals surface area (Å²) in [6.45, 7) is 8.44. The number of rotatable bonds is 5. The van der Waals surface area contributed by atoms with E-state index < -0.39 is 0 Å². The number of aromatic nitrogens is 2. The highest BCUT2D eigenvalue weighted by Gasteiger charge is 2.32. The normalized spacial score (nSPS) is 13.9. The Kier molecular flexibility index (Phi) is 5.19. The number of fused-ring (bicyclic) bond motifs is 1. The number of nitrogens with zero attached hydrogens (tertiary/aromatic N) is 2. The Morgan fingerprint density at radius 2 is 1.86 bits per heavy atom. The predicted molar refractivity (Wildman–Crippen MR) is 95.5 cm³/mol. The van der Waals surface area contributed by atoms with Gasteiger partial charge in [-0.15, -0.1) is 11.6 Å². The molecule has 0 amide bonds. The van der Waals surface area contributed by atoms with Crippen molar-refractivity contribution in [2.24, 2.45) is 0 Å². The largest absolute Gasteiger partial charge is 0.320 e. The van der Waals surface area contributed by atoms with Crippen molar-refractivity contribution < 1.29 is 4.39 Å². The van der Waals surface area contributed by atoms with E-state index in [0.717, 1.165) is 36.1 Å². The van der Waals surface area contributed by atoms with Crippen molar-refractivity contribution in [2.75, 3.05) is 0 Å². The zero-order chi connectivity index (χ0) is 15.8. The molecule has 0 aliphatic rings. The van der Waals surface area contributed by atoms with E-state index in [9.17, 15) is 4.39 Å². The van der Waals surface area contributed by atoms with E-state index >= 15 is 0 Å². The van der Waals surface area contributed by atoms with Crippen LogP contribution in [0.3, 0.4) is 0 Å². The van der Waals surface area contributed by atoms with Gasteiger partial charge < -0.3 is 4.57 Å². The minimum absolute atomic E-state index is 0.0630. The zero-order valence-electron chi connectivity index (χ0n) is 12.9. The molecule has 21 heavy (non-hydrogen) atoms. The van der Waals surface area contributed by atoms with E-state index in [-0.39, 0.29) is 16.7 Å². The molecular formula is C16H21ClFIN2. The second-order valence-electron chi connectivity index (χ2n) is 5.46. The zero-order valence-corrected chi connectivity index (χ0v) is 15.8. The Hall–Kier alpha value is -0.360. The van der Waals surface area contributed by atoms with Crippen molar-refractivity contribution in [1.82, 2.24) is 9.55 Å². The van der Waals surface area contributed by atoms with Gasteiger partial charge in [0.1, 0.15) is 11.6 Å². The average Bonchev–Trinajstić information content (AvgIpc) is 2.82. The third kappa shape index (κ3) is 2.81. The van der Waals surface area contributed by atoms with Crippen LogP contribution in [0.15, 0.2) is 12.1 Å². The summed E-state index contributed by atoms with van der Waals surface area (Å²) in [7, 11) is 0. The van der Waals surface area contributed by atoms with E-state index in [0.29, 0.717) is 3.57 Å². The molecule has 0 N–H and O–H groups in total. The van der Waals surface area contributed by atoms with E-state index in [1.54, 1.807) is 12.1 Å². The van der Waals surface area contributed by atoms with Crippen molar-refractivity contribution in [3.8, 4) is 0 Å². The molecule has 1 aromatic carbocycles. The lowest BCUT2D eigenvalue weighted by Crippen LogP contribution is -2.33. The average molecular weight is 423 g/mol. The van der Waals surface area contributed by atoms with E-state index in [2.05, 4.69) is 30.3 Å². The van der Waals surface area contributed by atoms with Crippen LogP contribution in [-0.2, 0) is 5.54 Å². The molecule has 0 saturated carbocycles. The minimum Gasteiger partial charge on any atom is -0.320 e. The molecule has 0 aliphatic heterocycles. The Morgan fingerprint density at radius 3 is 2.33 bits per heavy atom. The van der Waals surface area contributed by atoms with E-state index in [1.165, 1.54) is 0 Å². The van der Waals surface area contributed by atoms with Crippen molar-refractivity contribution in [3.63, 3.8) is 0 Å². The summed E-state index contributed by atoms with van der Waals surface area (Å²) in [6, 6.07) is 3.40. The Labute approximate surface area is 144 Å². The first-order valence-corrected chi connectivity index (χ1v) is 8.93. The van der Waals surface area contributed by atoms with Crippen LogP contribution in [0.2, 0.25) is 0 Å². The maximum atomic E-state index is 14.1. The van der Waals surface area contributed by atoms with Crippen LogP contribution in [0.25, 0.3) is 11.0 Å². The fraction of sp³-hybridized carbons (Fsp3) is 0.562. The topological polar surface area (TPSA) is 17.8 Å². The summed E-state index contributed by atoms with van der Waals surface area (Å²) >= 11 is 8.36. The van der Waals surface area contributed by atoms with Crippen molar-refractivity contribution in [2.45, 2.75) is 57.9 Å². The van der Waals surface area contributed by atoms with Crippen LogP contribution < -0.4 is 0 Å². The standard InChI is InChI=1S/C16H21ClFIN2/c1-5-16(6-2,7-3)21-14-8-11(18)12(19)9-13(14)20-15(21)10(4)17/h8-10H,5-7H2,1-4H3. The fourth-order valence-corrected chi connectivity index (χ4v) is 3.68. The lowest BCUT2D eigenvalue weighted by atomic mass is 9.89. The van der Waals surface area contributed by atoms with Gasteiger partial charge in [0.05, 0.1) is 20.0 Å². The second-order valence-corrected chi connectivity index (χ2v) is 7.28. The lowest BCUT2D eigenvalue weighted by Gasteiger charge is -2.35. The molecule has 0 aliphatic carbocycles. The molecular weight excluding hydrogens is 402 g/mol. The third-order valence-corrected chi connectivity index (χ3v) is 5.55. The monoisotopic (exact) mass is 422 g/mol. The first kappa shape index (κ1) is 17.0. The summed E-state index contributed by atoms with van der Waals surface area (Å²) in [6.07, 6.45) is 2.90. The van der Waals surface area contributed by atoms with Gasteiger partial charge in [0, 0.05) is 11.6 Å². The maximum absolute atomic E-state index is 14.1. The van der Waals surface area contributed by atoms with Crippen LogP contribution >= 0.6 is 34.2 Å². The van der Waals surface area contributed by atoms with Crippen LogP contribution in [0.1, 0.15) is 58.2 Å². The highest BCUT2D eigenvalue weighted by Crippen LogP contribution is 2.38. The van der Waals surface area contributed by atoms with Crippen LogP contribution in [0, 0.1) is 9.39 Å². The Morgan fingerprint density at radius 1 is 1.29 bits per heavy atom. The van der Waals surface area contributed by atoms with Gasteiger partial charge in [0.25, 0.3) is 0 Å². The molecule has 0 saturated heterocycles. The molecule has 116 valence electrons. The SMILES string of the molecule is CCC(CC)(CC)n1c(C(C)Cl)nc2cc(I)c(F)cc21. The molecule has 2 rings (SSSR count). The van der Waals surface area contributed by atoms with Gasteiger partial charge in [0.15, 0.2) is 0 Å². The number of imidazole rings is 1. The fourth-order valence-electron chi connectivity index (χ4n) is 3.08. The molecule has 1 heterocycles. The molecule has 1 aromatic heterocycles. The third-order valence-electron chi connectivity index (χ3n) is 4.53. The number of alkyl halides is 1. The maximum Gasteiger partial charge on any atom is 0.138 e. The molecule has 0 fully saturated rings. The summed E-state index contributed by atoms with van der Waals surface area (Å²) < 4.78 is 16.8.